The number of H-pyrrole nitrogens is 1. The molecule has 0 aromatic carbocycles. The maximum absolute atomic E-state index is 12.8. The van der Waals surface area contributed by atoms with E-state index < -0.39 is 17.8 Å². The van der Waals surface area contributed by atoms with E-state index in [-0.39, 0.29) is 12.5 Å². The summed E-state index contributed by atoms with van der Waals surface area (Å²) in [5.74, 6) is -0.0907. The summed E-state index contributed by atoms with van der Waals surface area (Å²) >= 11 is 1.66. The molecule has 7 nitrogen and oxygen atoms in total. The number of piperidine rings is 1. The molecule has 2 aromatic heterocycles. The number of rotatable bonds is 2. The number of thiophene rings is 1. The number of carbonyl (C=O) groups excluding carboxylic acids is 1. The van der Waals surface area contributed by atoms with Gasteiger partial charge in [-0.15, -0.1) is 11.3 Å². The van der Waals surface area contributed by atoms with Crippen molar-refractivity contribution >= 4 is 17.2 Å². The molecular formula is C18H23N3O4S. The SMILES string of the molecule is Cc1ccc(-c2cc(C(=O)N3CCC4(CC3)C[C@@H](O)[C@@H](O)CO4)n[nH]2)s1. The zero-order chi connectivity index (χ0) is 18.3. The minimum atomic E-state index is -0.816. The lowest BCUT2D eigenvalue weighted by Gasteiger charge is -2.46. The van der Waals surface area contributed by atoms with E-state index in [2.05, 4.69) is 10.2 Å². The third-order valence-corrected chi connectivity index (χ3v) is 6.38. The van der Waals surface area contributed by atoms with Gasteiger partial charge in [0.15, 0.2) is 5.69 Å². The van der Waals surface area contributed by atoms with Crippen LogP contribution in [0.5, 0.6) is 0 Å². The summed E-state index contributed by atoms with van der Waals surface area (Å²) in [6.07, 6.45) is 0.159. The Hall–Kier alpha value is -1.74. The highest BCUT2D eigenvalue weighted by molar-refractivity contribution is 7.15. The summed E-state index contributed by atoms with van der Waals surface area (Å²) in [5, 5.41) is 26.7. The number of ether oxygens (including phenoxy) is 1. The minimum absolute atomic E-state index is 0.0907. The second-order valence-corrected chi connectivity index (χ2v) is 8.49. The third-order valence-electron chi connectivity index (χ3n) is 5.35. The van der Waals surface area contributed by atoms with Crippen molar-refractivity contribution in [2.24, 2.45) is 0 Å². The van der Waals surface area contributed by atoms with Crippen LogP contribution < -0.4 is 0 Å². The Balaban J connectivity index is 1.40. The molecule has 140 valence electrons. The molecule has 8 heteroatoms. The number of aryl methyl sites for hydroxylation is 1. The number of carbonyl (C=O) groups is 1. The van der Waals surface area contributed by atoms with Crippen molar-refractivity contribution in [1.82, 2.24) is 15.1 Å². The molecule has 0 radical (unpaired) electrons. The van der Waals surface area contributed by atoms with Gasteiger partial charge in [-0.25, -0.2) is 0 Å². The number of aliphatic hydroxyl groups excluding tert-OH is 2. The van der Waals surface area contributed by atoms with Crippen LogP contribution in [0.4, 0.5) is 0 Å². The molecular weight excluding hydrogens is 354 g/mol. The largest absolute Gasteiger partial charge is 0.390 e. The van der Waals surface area contributed by atoms with Crippen LogP contribution in [0, 0.1) is 6.92 Å². The molecule has 1 amide bonds. The maximum atomic E-state index is 12.8. The summed E-state index contributed by atoms with van der Waals surface area (Å²) in [5.41, 5.74) is 0.843. The van der Waals surface area contributed by atoms with Crippen LogP contribution in [-0.4, -0.2) is 68.7 Å². The molecule has 0 bridgehead atoms. The summed E-state index contributed by atoms with van der Waals surface area (Å²) in [7, 11) is 0. The molecule has 0 unspecified atom stereocenters. The van der Waals surface area contributed by atoms with E-state index in [9.17, 15) is 15.0 Å². The summed E-state index contributed by atoms with van der Waals surface area (Å²) in [4.78, 5) is 16.8. The van der Waals surface area contributed by atoms with Gasteiger partial charge < -0.3 is 19.8 Å². The number of aromatic nitrogens is 2. The maximum Gasteiger partial charge on any atom is 0.274 e. The van der Waals surface area contributed by atoms with Gasteiger partial charge in [0, 0.05) is 24.4 Å². The van der Waals surface area contributed by atoms with Gasteiger partial charge in [-0.2, -0.15) is 5.10 Å². The highest BCUT2D eigenvalue weighted by Gasteiger charge is 2.43. The zero-order valence-corrected chi connectivity index (χ0v) is 15.5. The monoisotopic (exact) mass is 377 g/mol. The van der Waals surface area contributed by atoms with Crippen LogP contribution in [0.1, 0.15) is 34.6 Å². The summed E-state index contributed by atoms with van der Waals surface area (Å²) in [6.45, 7) is 3.31. The molecule has 4 heterocycles. The number of nitrogens with one attached hydrogen (secondary N) is 1. The lowest BCUT2D eigenvalue weighted by molar-refractivity contribution is -0.185. The van der Waals surface area contributed by atoms with Gasteiger partial charge in [-0.1, -0.05) is 0 Å². The van der Waals surface area contributed by atoms with Gasteiger partial charge in [0.2, 0.25) is 0 Å². The summed E-state index contributed by atoms with van der Waals surface area (Å²) in [6, 6.07) is 5.86. The van der Waals surface area contributed by atoms with E-state index in [1.54, 1.807) is 22.3 Å². The number of hydrogen-bond donors (Lipinski definition) is 3. The predicted molar refractivity (Wildman–Crippen MR) is 97.1 cm³/mol. The highest BCUT2D eigenvalue weighted by atomic mass is 32.1. The molecule has 26 heavy (non-hydrogen) atoms. The van der Waals surface area contributed by atoms with Crippen molar-refractivity contribution in [3.05, 3.63) is 28.8 Å². The van der Waals surface area contributed by atoms with Crippen LogP contribution in [0.15, 0.2) is 18.2 Å². The van der Waals surface area contributed by atoms with Gasteiger partial charge >= 0.3 is 0 Å². The van der Waals surface area contributed by atoms with Crippen molar-refractivity contribution in [2.45, 2.75) is 44.0 Å². The predicted octanol–water partition coefficient (Wildman–Crippen LogP) is 1.56. The molecule has 2 aromatic rings. The number of aliphatic hydroxyl groups is 2. The van der Waals surface area contributed by atoms with E-state index in [1.807, 2.05) is 19.1 Å². The topological polar surface area (TPSA) is 98.7 Å². The van der Waals surface area contributed by atoms with Gasteiger partial charge in [0.05, 0.1) is 28.9 Å². The fourth-order valence-corrected chi connectivity index (χ4v) is 4.55. The second kappa shape index (κ2) is 6.77. The number of nitrogens with zero attached hydrogens (tertiary/aromatic N) is 2. The van der Waals surface area contributed by atoms with Crippen LogP contribution in [-0.2, 0) is 4.74 Å². The Kier molecular flexibility index (Phi) is 4.60. The Labute approximate surface area is 155 Å². The lowest BCUT2D eigenvalue weighted by Crippen LogP contribution is -2.55. The molecule has 1 spiro atoms. The van der Waals surface area contributed by atoms with Gasteiger partial charge in [-0.3, -0.25) is 9.89 Å². The first-order valence-corrected chi connectivity index (χ1v) is 9.69. The first-order valence-electron chi connectivity index (χ1n) is 8.87. The number of aromatic amines is 1. The van der Waals surface area contributed by atoms with E-state index in [0.29, 0.717) is 38.0 Å². The molecule has 4 rings (SSSR count). The van der Waals surface area contributed by atoms with Crippen molar-refractivity contribution in [2.75, 3.05) is 19.7 Å². The summed E-state index contributed by atoms with van der Waals surface area (Å²) < 4.78 is 5.82. The van der Waals surface area contributed by atoms with Gasteiger partial charge in [0.25, 0.3) is 5.91 Å². The number of likely N-dealkylation sites (tertiary alicyclic amines) is 1. The molecule has 2 fully saturated rings. The molecule has 2 saturated heterocycles. The highest BCUT2D eigenvalue weighted by Crippen LogP contribution is 2.35. The van der Waals surface area contributed by atoms with Crippen LogP contribution in [0.25, 0.3) is 10.6 Å². The van der Waals surface area contributed by atoms with Crippen molar-refractivity contribution < 1.29 is 19.7 Å². The lowest BCUT2D eigenvalue weighted by atomic mass is 9.82. The van der Waals surface area contributed by atoms with Crippen LogP contribution in [0.2, 0.25) is 0 Å². The normalized spacial score (nSPS) is 25.6. The fraction of sp³-hybridized carbons (Fsp3) is 0.556. The van der Waals surface area contributed by atoms with E-state index in [0.717, 1.165) is 10.6 Å². The van der Waals surface area contributed by atoms with E-state index >= 15 is 0 Å². The molecule has 3 N–H and O–H groups in total. The standard InChI is InChI=1S/C18H23N3O4S/c1-11-2-3-16(26-11)12-8-13(20-19-12)17(24)21-6-4-18(5-7-21)9-14(22)15(23)10-25-18/h2-3,8,14-15,22-23H,4-7,9-10H2,1H3,(H,19,20)/t14-,15+/m1/s1. The Morgan fingerprint density at radius 2 is 2.12 bits per heavy atom. The average molecular weight is 377 g/mol. The Bertz CT molecular complexity index is 794. The van der Waals surface area contributed by atoms with Crippen LogP contribution in [0.3, 0.4) is 0 Å². The smallest absolute Gasteiger partial charge is 0.274 e. The molecule has 2 aliphatic heterocycles. The molecule has 0 aliphatic carbocycles. The van der Waals surface area contributed by atoms with Crippen molar-refractivity contribution in [3.8, 4) is 10.6 Å². The molecule has 2 atom stereocenters. The minimum Gasteiger partial charge on any atom is -0.390 e. The third kappa shape index (κ3) is 3.29. The average Bonchev–Trinajstić information content (AvgIpc) is 3.28. The Morgan fingerprint density at radius 1 is 1.35 bits per heavy atom. The first kappa shape index (κ1) is 17.7. The van der Waals surface area contributed by atoms with Gasteiger partial charge in [-0.05, 0) is 38.0 Å². The van der Waals surface area contributed by atoms with Crippen LogP contribution >= 0.6 is 11.3 Å². The second-order valence-electron chi connectivity index (χ2n) is 7.20. The number of hydrogen-bond acceptors (Lipinski definition) is 6. The Morgan fingerprint density at radius 3 is 2.77 bits per heavy atom. The van der Waals surface area contributed by atoms with E-state index in [4.69, 9.17) is 4.74 Å². The first-order chi connectivity index (χ1) is 12.5. The van der Waals surface area contributed by atoms with E-state index in [1.165, 1.54) is 4.88 Å². The molecule has 2 aliphatic rings. The zero-order valence-electron chi connectivity index (χ0n) is 14.6. The molecule has 0 saturated carbocycles. The fourth-order valence-electron chi connectivity index (χ4n) is 3.71. The van der Waals surface area contributed by atoms with Crippen molar-refractivity contribution in [1.29, 1.82) is 0 Å². The van der Waals surface area contributed by atoms with Crippen molar-refractivity contribution in [3.63, 3.8) is 0 Å². The quantitative estimate of drug-likeness (QED) is 0.738. The van der Waals surface area contributed by atoms with Gasteiger partial charge in [0.1, 0.15) is 6.10 Å². The number of amides is 1.